The number of benzene rings is 1. The average molecular weight is 337 g/mol. The summed E-state index contributed by atoms with van der Waals surface area (Å²) in [5.41, 5.74) is 0.427. The number of hydrogen-bond acceptors (Lipinski definition) is 3. The van der Waals surface area contributed by atoms with E-state index in [0.29, 0.717) is 5.41 Å². The second-order valence-electron chi connectivity index (χ2n) is 5.12. The summed E-state index contributed by atoms with van der Waals surface area (Å²) in [7, 11) is 0. The van der Waals surface area contributed by atoms with Crippen LogP contribution in [0.25, 0.3) is 0 Å². The highest BCUT2D eigenvalue weighted by Gasteiger charge is 2.51. The topological polar surface area (TPSA) is 0 Å². The maximum absolute atomic E-state index is 3.50. The van der Waals surface area contributed by atoms with Gasteiger partial charge in [-0.2, -0.15) is 0 Å². The molecule has 0 aliphatic carbocycles. The van der Waals surface area contributed by atoms with Gasteiger partial charge >= 0.3 is 0 Å². The van der Waals surface area contributed by atoms with E-state index in [1.807, 2.05) is 57.2 Å². The third kappa shape index (κ3) is 4.65. The van der Waals surface area contributed by atoms with Gasteiger partial charge in [0.2, 0.25) is 0 Å². The van der Waals surface area contributed by atoms with Crippen molar-refractivity contribution in [3.05, 3.63) is 36.4 Å². The van der Waals surface area contributed by atoms with Crippen molar-refractivity contribution in [2.75, 3.05) is 0 Å². The fraction of sp³-hybridized carbons (Fsp3) is 0.556. The number of hydrogen-bond donors (Lipinski definition) is 0. The van der Waals surface area contributed by atoms with Crippen molar-refractivity contribution >= 4 is 35.3 Å². The van der Waals surface area contributed by atoms with Crippen LogP contribution in [0, 0.1) is 17.3 Å². The first kappa shape index (κ1) is 17.2. The maximum Gasteiger partial charge on any atom is 0.0539 e. The van der Waals surface area contributed by atoms with Crippen LogP contribution in [0.2, 0.25) is 0 Å². The van der Waals surface area contributed by atoms with E-state index in [9.17, 15) is 0 Å². The molecule has 1 aromatic rings. The summed E-state index contributed by atoms with van der Waals surface area (Å²) in [6.07, 6.45) is 4.03. The second kappa shape index (κ2) is 8.46. The minimum Gasteiger partial charge on any atom is -0.133 e. The Bertz CT molecular complexity index is 410. The molecule has 4 fully saturated rings. The van der Waals surface area contributed by atoms with Gasteiger partial charge in [0.15, 0.2) is 0 Å². The molecule has 5 rings (SSSR count). The van der Waals surface area contributed by atoms with Crippen LogP contribution in [0.3, 0.4) is 0 Å². The molecule has 0 amide bonds. The Balaban J connectivity index is 0.000000171. The molecule has 1 aromatic carbocycles. The lowest BCUT2D eigenvalue weighted by atomic mass is 9.79. The van der Waals surface area contributed by atoms with E-state index >= 15 is 0 Å². The van der Waals surface area contributed by atoms with E-state index in [2.05, 4.69) is 47.1 Å². The van der Waals surface area contributed by atoms with Crippen LogP contribution in [0.1, 0.15) is 40.0 Å². The van der Waals surface area contributed by atoms with Crippen molar-refractivity contribution < 1.29 is 0 Å². The first-order valence-corrected chi connectivity index (χ1v) is 10.5. The summed E-state index contributed by atoms with van der Waals surface area (Å²) in [5, 5.41) is 0. The molecule has 3 heteroatoms. The van der Waals surface area contributed by atoms with E-state index < -0.39 is 0 Å². The summed E-state index contributed by atoms with van der Waals surface area (Å²) in [5.74, 6) is 6.65. The smallest absolute Gasteiger partial charge is 0.0539 e. The van der Waals surface area contributed by atoms with Gasteiger partial charge in [-0.05, 0) is 26.2 Å². The van der Waals surface area contributed by atoms with Crippen molar-refractivity contribution in [2.45, 2.75) is 53.8 Å². The summed E-state index contributed by atoms with van der Waals surface area (Å²) in [6, 6.07) is 12.0. The molecule has 0 nitrogen and oxygen atoms in total. The van der Waals surface area contributed by atoms with Crippen molar-refractivity contribution in [1.82, 2.24) is 0 Å². The van der Waals surface area contributed by atoms with Gasteiger partial charge in [0, 0.05) is 5.41 Å². The zero-order valence-corrected chi connectivity index (χ0v) is 15.5. The molecule has 0 aromatic heterocycles. The van der Waals surface area contributed by atoms with Crippen molar-refractivity contribution in [1.29, 1.82) is 0 Å². The predicted molar refractivity (Wildman–Crippen MR) is 102 cm³/mol. The molecule has 4 heterocycles. The molecule has 21 heavy (non-hydrogen) atoms. The maximum atomic E-state index is 3.50. The van der Waals surface area contributed by atoms with Gasteiger partial charge < -0.3 is 0 Å². The molecule has 0 saturated carbocycles. The van der Waals surface area contributed by atoms with Crippen LogP contribution in [-0.2, 0) is 0 Å². The lowest BCUT2D eigenvalue weighted by molar-refractivity contribution is 0.322. The number of thioether (sulfide) groups is 3. The monoisotopic (exact) mass is 336 g/mol. The molecule has 0 unspecified atom stereocenters. The van der Waals surface area contributed by atoms with Crippen LogP contribution >= 0.6 is 35.3 Å². The minimum absolute atomic E-state index is 0.427. The highest BCUT2D eigenvalue weighted by atomic mass is 32.3. The molecule has 4 aliphatic rings. The zero-order chi connectivity index (χ0) is 15.1. The van der Waals surface area contributed by atoms with Crippen molar-refractivity contribution in [3.8, 4) is 11.8 Å². The van der Waals surface area contributed by atoms with Gasteiger partial charge in [0.05, 0.1) is 13.7 Å². The summed E-state index contributed by atoms with van der Waals surface area (Å²) < 4.78 is 2.58. The Morgan fingerprint density at radius 3 is 1.38 bits per heavy atom. The van der Waals surface area contributed by atoms with E-state index in [0.717, 1.165) is 13.7 Å². The molecular formula is C18H24S3. The highest BCUT2D eigenvalue weighted by molar-refractivity contribution is 8.33. The fourth-order valence-electron chi connectivity index (χ4n) is 2.90. The summed E-state index contributed by atoms with van der Waals surface area (Å²) in [6.45, 7) is 5.99. The first-order chi connectivity index (χ1) is 10.3. The van der Waals surface area contributed by atoms with Gasteiger partial charge in [-0.15, -0.1) is 41.2 Å². The van der Waals surface area contributed by atoms with E-state index in [1.54, 1.807) is 0 Å². The SMILES string of the molecule is CC.CC#CC12CC3SC(C1)SC(C2)S3.c1ccccc1. The van der Waals surface area contributed by atoms with Crippen LogP contribution in [0.5, 0.6) is 0 Å². The molecule has 0 spiro atoms. The predicted octanol–water partition coefficient (Wildman–Crippen LogP) is 6.10. The molecular weight excluding hydrogens is 312 g/mol. The molecule has 0 N–H and O–H groups in total. The standard InChI is InChI=1S/C10H12S3.C6H6.C2H6/c1-2-3-10-4-7-11-8(5-10)13-9(6-10)12-7;1-2-4-6-5-3-1;1-2/h7-9H,4-6H2,1H3;1-6H;1-2H3. The summed E-state index contributed by atoms with van der Waals surface area (Å²) in [4.78, 5) is 0. The fourth-order valence-corrected chi connectivity index (χ4v) is 10.2. The molecule has 4 aliphatic heterocycles. The van der Waals surface area contributed by atoms with Crippen LogP contribution in [-0.4, -0.2) is 13.7 Å². The Labute approximate surface area is 142 Å². The van der Waals surface area contributed by atoms with Crippen molar-refractivity contribution in [2.24, 2.45) is 5.41 Å². The Kier molecular flexibility index (Phi) is 6.92. The summed E-state index contributed by atoms with van der Waals surface area (Å²) >= 11 is 6.57. The van der Waals surface area contributed by atoms with Crippen LogP contribution in [0.4, 0.5) is 0 Å². The van der Waals surface area contributed by atoms with E-state index in [4.69, 9.17) is 0 Å². The largest absolute Gasteiger partial charge is 0.133 e. The van der Waals surface area contributed by atoms with Gasteiger partial charge in [0.1, 0.15) is 0 Å². The van der Waals surface area contributed by atoms with E-state index in [-0.39, 0.29) is 0 Å². The first-order valence-electron chi connectivity index (χ1n) is 7.70. The van der Waals surface area contributed by atoms with E-state index in [1.165, 1.54) is 19.3 Å². The van der Waals surface area contributed by atoms with Crippen LogP contribution in [0.15, 0.2) is 36.4 Å². The zero-order valence-electron chi connectivity index (χ0n) is 13.0. The van der Waals surface area contributed by atoms with Gasteiger partial charge in [-0.1, -0.05) is 56.2 Å². The number of rotatable bonds is 0. The lowest BCUT2D eigenvalue weighted by Gasteiger charge is -2.53. The van der Waals surface area contributed by atoms with Gasteiger partial charge in [0.25, 0.3) is 0 Å². The highest BCUT2D eigenvalue weighted by Crippen LogP contribution is 2.66. The molecule has 0 atom stereocenters. The molecule has 4 bridgehead atoms. The molecule has 114 valence electrons. The average Bonchev–Trinajstić information content (AvgIpc) is 2.50. The normalized spacial score (nSPS) is 34.5. The molecule has 0 radical (unpaired) electrons. The van der Waals surface area contributed by atoms with Crippen LogP contribution < -0.4 is 0 Å². The second-order valence-corrected chi connectivity index (χ2v) is 10.2. The molecule has 4 saturated heterocycles. The van der Waals surface area contributed by atoms with Crippen molar-refractivity contribution in [3.63, 3.8) is 0 Å². The Morgan fingerprint density at radius 1 is 0.762 bits per heavy atom. The van der Waals surface area contributed by atoms with Gasteiger partial charge in [-0.3, -0.25) is 0 Å². The Morgan fingerprint density at radius 2 is 1.10 bits per heavy atom. The minimum atomic E-state index is 0.427. The third-order valence-electron chi connectivity index (χ3n) is 3.64. The Hall–Kier alpha value is -0.170. The lowest BCUT2D eigenvalue weighted by Crippen LogP contribution is -2.43. The quantitative estimate of drug-likeness (QED) is 0.526. The van der Waals surface area contributed by atoms with Gasteiger partial charge in [-0.25, -0.2) is 0 Å². The third-order valence-corrected chi connectivity index (χ3v) is 8.46.